The van der Waals surface area contributed by atoms with E-state index in [1.165, 1.54) is 6.07 Å². The molecule has 0 saturated carbocycles. The molecule has 0 aliphatic rings. The average molecular weight is 256 g/mol. The van der Waals surface area contributed by atoms with Crippen molar-refractivity contribution in [2.24, 2.45) is 5.73 Å². The van der Waals surface area contributed by atoms with Crippen LogP contribution in [-0.4, -0.2) is 24.5 Å². The van der Waals surface area contributed by atoms with Crippen LogP contribution in [0.1, 0.15) is 38.3 Å². The third kappa shape index (κ3) is 3.50. The molecular weight excluding hydrogens is 234 g/mol. The molecule has 102 valence electrons. The van der Waals surface area contributed by atoms with Crippen molar-refractivity contribution in [3.05, 3.63) is 35.4 Å². The van der Waals surface area contributed by atoms with Crippen molar-refractivity contribution < 1.29 is 8.78 Å². The summed E-state index contributed by atoms with van der Waals surface area (Å²) in [6, 6.07) is 4.28. The summed E-state index contributed by atoms with van der Waals surface area (Å²) in [5.74, 6) is -1.64. The molecule has 2 N–H and O–H groups in total. The standard InChI is InChI=1S/C14H22F2N2/c1-4-5-10(2)18(3)14(9-17)11-6-7-12(15)13(16)8-11/h6-8,10,14H,4-5,9,17H2,1-3H3. The average Bonchev–Trinajstić information content (AvgIpc) is 2.34. The second kappa shape index (κ2) is 6.81. The van der Waals surface area contributed by atoms with E-state index in [1.807, 2.05) is 7.05 Å². The number of likely N-dealkylation sites (N-methyl/N-ethyl adjacent to an activating group) is 1. The number of nitrogens with zero attached hydrogens (tertiary/aromatic N) is 1. The van der Waals surface area contributed by atoms with Crippen LogP contribution in [0.25, 0.3) is 0 Å². The molecule has 2 unspecified atom stereocenters. The molecule has 1 aromatic carbocycles. The lowest BCUT2D eigenvalue weighted by Crippen LogP contribution is -2.37. The number of benzene rings is 1. The van der Waals surface area contributed by atoms with Gasteiger partial charge in [-0.1, -0.05) is 19.4 Å². The van der Waals surface area contributed by atoms with Crippen molar-refractivity contribution in [2.45, 2.75) is 38.8 Å². The molecule has 1 rings (SSSR count). The molecule has 0 bridgehead atoms. The fraction of sp³-hybridized carbons (Fsp3) is 0.571. The van der Waals surface area contributed by atoms with E-state index in [9.17, 15) is 8.78 Å². The Morgan fingerprint density at radius 2 is 1.94 bits per heavy atom. The van der Waals surface area contributed by atoms with Crippen molar-refractivity contribution in [2.75, 3.05) is 13.6 Å². The van der Waals surface area contributed by atoms with Crippen LogP contribution in [0, 0.1) is 11.6 Å². The summed E-state index contributed by atoms with van der Waals surface area (Å²) < 4.78 is 26.2. The fourth-order valence-electron chi connectivity index (χ4n) is 2.19. The van der Waals surface area contributed by atoms with Crippen molar-refractivity contribution in [3.63, 3.8) is 0 Å². The minimum absolute atomic E-state index is 0.0818. The highest BCUT2D eigenvalue weighted by Crippen LogP contribution is 2.23. The normalized spacial score (nSPS) is 14.8. The quantitative estimate of drug-likeness (QED) is 0.847. The molecule has 2 nitrogen and oxygen atoms in total. The predicted octanol–water partition coefficient (Wildman–Crippen LogP) is 3.09. The Balaban J connectivity index is 2.91. The molecule has 0 fully saturated rings. The molecule has 18 heavy (non-hydrogen) atoms. The molecular formula is C14H22F2N2. The summed E-state index contributed by atoms with van der Waals surface area (Å²) in [7, 11) is 1.97. The van der Waals surface area contributed by atoms with Gasteiger partial charge >= 0.3 is 0 Å². The van der Waals surface area contributed by atoms with E-state index in [-0.39, 0.29) is 6.04 Å². The molecule has 0 spiro atoms. The third-order valence-corrected chi connectivity index (χ3v) is 3.45. The Hall–Kier alpha value is -1.00. The topological polar surface area (TPSA) is 29.3 Å². The van der Waals surface area contributed by atoms with E-state index in [1.54, 1.807) is 6.07 Å². The first kappa shape index (κ1) is 15.1. The number of hydrogen-bond donors (Lipinski definition) is 1. The number of hydrogen-bond acceptors (Lipinski definition) is 2. The Labute approximate surface area is 108 Å². The molecule has 0 radical (unpaired) electrons. The lowest BCUT2D eigenvalue weighted by Gasteiger charge is -2.32. The number of nitrogens with two attached hydrogens (primary N) is 1. The first-order chi connectivity index (χ1) is 8.51. The van der Waals surface area contributed by atoms with Gasteiger partial charge in [-0.2, -0.15) is 0 Å². The van der Waals surface area contributed by atoms with Crippen molar-refractivity contribution in [3.8, 4) is 0 Å². The molecule has 2 atom stereocenters. The highest BCUT2D eigenvalue weighted by Gasteiger charge is 2.20. The second-order valence-electron chi connectivity index (χ2n) is 4.73. The zero-order valence-electron chi connectivity index (χ0n) is 11.3. The van der Waals surface area contributed by atoms with Crippen LogP contribution in [0.15, 0.2) is 18.2 Å². The van der Waals surface area contributed by atoms with Gasteiger partial charge in [0.2, 0.25) is 0 Å². The monoisotopic (exact) mass is 256 g/mol. The van der Waals surface area contributed by atoms with Gasteiger partial charge < -0.3 is 5.73 Å². The van der Waals surface area contributed by atoms with Crippen LogP contribution in [0.4, 0.5) is 8.78 Å². The molecule has 0 aromatic heterocycles. The van der Waals surface area contributed by atoms with Gasteiger partial charge in [0, 0.05) is 18.6 Å². The van der Waals surface area contributed by atoms with E-state index in [0.717, 1.165) is 24.5 Å². The van der Waals surface area contributed by atoms with Gasteiger partial charge in [0.15, 0.2) is 11.6 Å². The summed E-state index contributed by atoms with van der Waals surface area (Å²) >= 11 is 0. The van der Waals surface area contributed by atoms with Crippen molar-refractivity contribution >= 4 is 0 Å². The first-order valence-corrected chi connectivity index (χ1v) is 6.38. The van der Waals surface area contributed by atoms with Crippen LogP contribution in [-0.2, 0) is 0 Å². The molecule has 1 aromatic rings. The van der Waals surface area contributed by atoms with Gasteiger partial charge in [0.1, 0.15) is 0 Å². The van der Waals surface area contributed by atoms with E-state index in [0.29, 0.717) is 12.6 Å². The van der Waals surface area contributed by atoms with Gasteiger partial charge in [-0.3, -0.25) is 4.90 Å². The smallest absolute Gasteiger partial charge is 0.159 e. The molecule has 4 heteroatoms. The number of halogens is 2. The maximum Gasteiger partial charge on any atom is 0.159 e. The molecule has 0 heterocycles. The minimum atomic E-state index is -0.821. The highest BCUT2D eigenvalue weighted by atomic mass is 19.2. The van der Waals surface area contributed by atoms with Crippen molar-refractivity contribution in [1.29, 1.82) is 0 Å². The van der Waals surface area contributed by atoms with E-state index < -0.39 is 11.6 Å². The van der Waals surface area contributed by atoms with Crippen LogP contribution in [0.2, 0.25) is 0 Å². The minimum Gasteiger partial charge on any atom is -0.329 e. The zero-order valence-corrected chi connectivity index (χ0v) is 11.3. The Morgan fingerprint density at radius 1 is 1.28 bits per heavy atom. The molecule has 0 amide bonds. The largest absolute Gasteiger partial charge is 0.329 e. The van der Waals surface area contributed by atoms with Crippen molar-refractivity contribution in [1.82, 2.24) is 4.90 Å². The summed E-state index contributed by atoms with van der Waals surface area (Å²) in [6.45, 7) is 4.63. The van der Waals surface area contributed by atoms with E-state index in [4.69, 9.17) is 5.73 Å². The Kier molecular flexibility index (Phi) is 5.69. The highest BCUT2D eigenvalue weighted by molar-refractivity contribution is 5.21. The van der Waals surface area contributed by atoms with Crippen LogP contribution < -0.4 is 5.73 Å². The summed E-state index contributed by atoms with van der Waals surface area (Å²) in [6.07, 6.45) is 2.14. The lowest BCUT2D eigenvalue weighted by atomic mass is 10.0. The Bertz CT molecular complexity index is 382. The first-order valence-electron chi connectivity index (χ1n) is 6.38. The summed E-state index contributed by atoms with van der Waals surface area (Å²) in [5, 5.41) is 0. The van der Waals surface area contributed by atoms with Gasteiger partial charge in [0.05, 0.1) is 0 Å². The molecule has 0 saturated heterocycles. The molecule has 0 aliphatic carbocycles. The van der Waals surface area contributed by atoms with Gasteiger partial charge in [-0.15, -0.1) is 0 Å². The SMILES string of the molecule is CCCC(C)N(C)C(CN)c1ccc(F)c(F)c1. The summed E-state index contributed by atoms with van der Waals surface area (Å²) in [4.78, 5) is 2.12. The van der Waals surface area contributed by atoms with E-state index in [2.05, 4.69) is 18.7 Å². The maximum atomic E-state index is 13.3. The zero-order chi connectivity index (χ0) is 13.7. The summed E-state index contributed by atoms with van der Waals surface area (Å²) in [5.41, 5.74) is 6.49. The second-order valence-corrected chi connectivity index (χ2v) is 4.73. The fourth-order valence-corrected chi connectivity index (χ4v) is 2.19. The molecule has 0 aliphatic heterocycles. The van der Waals surface area contributed by atoms with Crippen LogP contribution in [0.3, 0.4) is 0 Å². The van der Waals surface area contributed by atoms with Gasteiger partial charge in [-0.05, 0) is 38.1 Å². The lowest BCUT2D eigenvalue weighted by molar-refractivity contribution is 0.179. The van der Waals surface area contributed by atoms with E-state index >= 15 is 0 Å². The predicted molar refractivity (Wildman–Crippen MR) is 70.3 cm³/mol. The Morgan fingerprint density at radius 3 is 2.44 bits per heavy atom. The third-order valence-electron chi connectivity index (χ3n) is 3.45. The van der Waals surface area contributed by atoms with Gasteiger partial charge in [0.25, 0.3) is 0 Å². The van der Waals surface area contributed by atoms with Gasteiger partial charge in [-0.25, -0.2) is 8.78 Å². The van der Waals surface area contributed by atoms with Crippen LogP contribution in [0.5, 0.6) is 0 Å². The number of rotatable bonds is 6. The maximum absolute atomic E-state index is 13.3. The van der Waals surface area contributed by atoms with Crippen LogP contribution >= 0.6 is 0 Å².